The van der Waals surface area contributed by atoms with Gasteiger partial charge in [-0.15, -0.1) is 11.3 Å². The van der Waals surface area contributed by atoms with Crippen LogP contribution >= 0.6 is 11.3 Å². The molecule has 0 aliphatic heterocycles. The highest BCUT2D eigenvalue weighted by molar-refractivity contribution is 7.12. The lowest BCUT2D eigenvalue weighted by Crippen LogP contribution is -2.41. The molecule has 6 nitrogen and oxygen atoms in total. The molecule has 1 unspecified atom stereocenters. The average Bonchev–Trinajstić information content (AvgIpc) is 3.22. The molecule has 138 valence electrons. The molecular weight excluding hydrogens is 362 g/mol. The van der Waals surface area contributed by atoms with Gasteiger partial charge in [0.2, 0.25) is 5.91 Å². The number of anilines is 1. The van der Waals surface area contributed by atoms with Gasteiger partial charge in [0.1, 0.15) is 18.4 Å². The topological polar surface area (TPSA) is 80.3 Å². The van der Waals surface area contributed by atoms with Crippen LogP contribution in [0.15, 0.2) is 66.2 Å². The summed E-state index contributed by atoms with van der Waals surface area (Å²) >= 11 is 1.33. The first kappa shape index (κ1) is 18.6. The first-order valence-corrected chi connectivity index (χ1v) is 9.28. The zero-order valence-corrected chi connectivity index (χ0v) is 15.5. The third kappa shape index (κ3) is 5.39. The van der Waals surface area contributed by atoms with Crippen molar-refractivity contribution in [1.29, 1.82) is 0 Å². The van der Waals surface area contributed by atoms with E-state index >= 15 is 0 Å². The van der Waals surface area contributed by atoms with Crippen LogP contribution in [0.3, 0.4) is 0 Å². The summed E-state index contributed by atoms with van der Waals surface area (Å²) in [6.07, 6.45) is 1.71. The van der Waals surface area contributed by atoms with Gasteiger partial charge in [0, 0.05) is 18.0 Å². The number of carbonyl (C=O) groups excluding carboxylic acids is 2. The van der Waals surface area contributed by atoms with E-state index in [-0.39, 0.29) is 11.8 Å². The number of rotatable bonds is 7. The molecule has 2 N–H and O–H groups in total. The van der Waals surface area contributed by atoms with E-state index in [9.17, 15) is 9.59 Å². The zero-order valence-electron chi connectivity index (χ0n) is 14.7. The maximum atomic E-state index is 12.3. The number of benzene rings is 1. The molecule has 0 bridgehead atoms. The van der Waals surface area contributed by atoms with E-state index < -0.39 is 6.04 Å². The molecule has 2 heterocycles. The standard InChI is InChI=1S/C20H19N3O3S/c1-14(22-20(25)18-9-5-11-27-18)19(24)23-15-7-4-8-17(12-15)26-13-16-6-2-3-10-21-16/h2-12,14H,13H2,1H3,(H,22,25)(H,23,24). The maximum Gasteiger partial charge on any atom is 0.261 e. The number of carbonyl (C=O) groups is 2. The largest absolute Gasteiger partial charge is 0.487 e. The van der Waals surface area contributed by atoms with Crippen molar-refractivity contribution in [3.05, 3.63) is 76.7 Å². The van der Waals surface area contributed by atoms with E-state index in [0.717, 1.165) is 5.69 Å². The van der Waals surface area contributed by atoms with E-state index in [1.165, 1.54) is 11.3 Å². The highest BCUT2D eigenvalue weighted by Crippen LogP contribution is 2.18. The van der Waals surface area contributed by atoms with Crippen molar-refractivity contribution in [3.63, 3.8) is 0 Å². The highest BCUT2D eigenvalue weighted by Gasteiger charge is 2.17. The number of amides is 2. The molecule has 0 radical (unpaired) electrons. The first-order valence-electron chi connectivity index (χ1n) is 8.40. The SMILES string of the molecule is CC(NC(=O)c1cccs1)C(=O)Nc1cccc(OCc2ccccn2)c1. The van der Waals surface area contributed by atoms with Gasteiger partial charge in [-0.2, -0.15) is 0 Å². The van der Waals surface area contributed by atoms with Gasteiger partial charge in [0.25, 0.3) is 5.91 Å². The van der Waals surface area contributed by atoms with Crippen molar-refractivity contribution in [2.24, 2.45) is 0 Å². The summed E-state index contributed by atoms with van der Waals surface area (Å²) < 4.78 is 5.71. The van der Waals surface area contributed by atoms with Crippen molar-refractivity contribution in [2.75, 3.05) is 5.32 Å². The normalized spacial score (nSPS) is 11.4. The number of thiophene rings is 1. The lowest BCUT2D eigenvalue weighted by atomic mass is 10.2. The van der Waals surface area contributed by atoms with Crippen LogP contribution in [-0.4, -0.2) is 22.8 Å². The van der Waals surface area contributed by atoms with E-state index in [2.05, 4.69) is 15.6 Å². The Hall–Kier alpha value is -3.19. The van der Waals surface area contributed by atoms with Gasteiger partial charge in [-0.1, -0.05) is 18.2 Å². The molecule has 0 fully saturated rings. The minimum absolute atomic E-state index is 0.264. The summed E-state index contributed by atoms with van der Waals surface area (Å²) in [4.78, 5) is 29.1. The van der Waals surface area contributed by atoms with E-state index in [1.54, 1.807) is 49.5 Å². The Morgan fingerprint density at radius 1 is 1.15 bits per heavy atom. The van der Waals surface area contributed by atoms with Crippen LogP contribution in [0.5, 0.6) is 5.75 Å². The fourth-order valence-corrected chi connectivity index (χ4v) is 2.92. The average molecular weight is 381 g/mol. The second-order valence-electron chi connectivity index (χ2n) is 5.80. The predicted molar refractivity (Wildman–Crippen MR) is 105 cm³/mol. The number of hydrogen-bond acceptors (Lipinski definition) is 5. The molecule has 1 aromatic carbocycles. The summed E-state index contributed by atoms with van der Waals surface area (Å²) in [7, 11) is 0. The van der Waals surface area contributed by atoms with Gasteiger partial charge in [-0.3, -0.25) is 14.6 Å². The van der Waals surface area contributed by atoms with Gasteiger partial charge in [-0.05, 0) is 42.6 Å². The lowest BCUT2D eigenvalue weighted by molar-refractivity contribution is -0.117. The van der Waals surface area contributed by atoms with Crippen molar-refractivity contribution >= 4 is 28.8 Å². The Morgan fingerprint density at radius 2 is 2.04 bits per heavy atom. The van der Waals surface area contributed by atoms with Crippen molar-refractivity contribution < 1.29 is 14.3 Å². The predicted octanol–water partition coefficient (Wildman–Crippen LogP) is 3.48. The van der Waals surface area contributed by atoms with E-state index in [0.29, 0.717) is 22.9 Å². The number of nitrogens with one attached hydrogen (secondary N) is 2. The molecule has 7 heteroatoms. The Morgan fingerprint density at radius 3 is 2.78 bits per heavy atom. The van der Waals surface area contributed by atoms with Crippen LogP contribution in [0.2, 0.25) is 0 Å². The van der Waals surface area contributed by atoms with Gasteiger partial charge in [0.15, 0.2) is 0 Å². The second-order valence-corrected chi connectivity index (χ2v) is 6.75. The van der Waals surface area contributed by atoms with Crippen LogP contribution in [0.1, 0.15) is 22.3 Å². The molecule has 0 saturated heterocycles. The third-order valence-electron chi connectivity index (χ3n) is 3.70. The number of nitrogens with zero attached hydrogens (tertiary/aromatic N) is 1. The van der Waals surface area contributed by atoms with Gasteiger partial charge in [0.05, 0.1) is 10.6 Å². The molecule has 2 amide bonds. The van der Waals surface area contributed by atoms with Gasteiger partial charge in [-0.25, -0.2) is 0 Å². The van der Waals surface area contributed by atoms with E-state index in [4.69, 9.17) is 4.74 Å². The summed E-state index contributed by atoms with van der Waals surface area (Å²) in [6, 6.07) is 15.5. The molecule has 0 spiro atoms. The Kier molecular flexibility index (Phi) is 6.17. The van der Waals surface area contributed by atoms with Crippen molar-refractivity contribution in [2.45, 2.75) is 19.6 Å². The molecule has 0 aliphatic carbocycles. The number of pyridine rings is 1. The zero-order chi connectivity index (χ0) is 19.1. The monoisotopic (exact) mass is 381 g/mol. The number of hydrogen-bond donors (Lipinski definition) is 2. The smallest absolute Gasteiger partial charge is 0.261 e. The molecule has 0 aliphatic rings. The lowest BCUT2D eigenvalue weighted by Gasteiger charge is -2.14. The maximum absolute atomic E-state index is 12.3. The molecule has 27 heavy (non-hydrogen) atoms. The second kappa shape index (κ2) is 8.95. The quantitative estimate of drug-likeness (QED) is 0.657. The highest BCUT2D eigenvalue weighted by atomic mass is 32.1. The van der Waals surface area contributed by atoms with Crippen molar-refractivity contribution in [1.82, 2.24) is 10.3 Å². The molecule has 0 saturated carbocycles. The molecule has 1 atom stereocenters. The minimum Gasteiger partial charge on any atom is -0.487 e. The molecule has 2 aromatic heterocycles. The summed E-state index contributed by atoms with van der Waals surface area (Å²) in [5.41, 5.74) is 1.41. The number of ether oxygens (including phenoxy) is 1. The van der Waals surface area contributed by atoms with E-state index in [1.807, 2.05) is 23.6 Å². The third-order valence-corrected chi connectivity index (χ3v) is 4.57. The Bertz CT molecular complexity index is 898. The molecule has 3 aromatic rings. The Labute approximate surface area is 161 Å². The van der Waals surface area contributed by atoms with Crippen LogP contribution < -0.4 is 15.4 Å². The van der Waals surface area contributed by atoms with Crippen LogP contribution in [0.25, 0.3) is 0 Å². The molecule has 3 rings (SSSR count). The van der Waals surface area contributed by atoms with Crippen LogP contribution in [-0.2, 0) is 11.4 Å². The summed E-state index contributed by atoms with van der Waals surface area (Å²) in [5, 5.41) is 7.28. The summed E-state index contributed by atoms with van der Waals surface area (Å²) in [6.45, 7) is 1.98. The fourth-order valence-electron chi connectivity index (χ4n) is 2.30. The summed E-state index contributed by atoms with van der Waals surface area (Å²) in [5.74, 6) is 0.0515. The van der Waals surface area contributed by atoms with Crippen LogP contribution in [0.4, 0.5) is 5.69 Å². The number of aromatic nitrogens is 1. The van der Waals surface area contributed by atoms with Crippen LogP contribution in [0, 0.1) is 0 Å². The van der Waals surface area contributed by atoms with Crippen molar-refractivity contribution in [3.8, 4) is 5.75 Å². The van der Waals surface area contributed by atoms with Gasteiger partial charge < -0.3 is 15.4 Å². The Balaban J connectivity index is 1.55. The fraction of sp³-hybridized carbons (Fsp3) is 0.150. The molecular formula is C20H19N3O3S. The first-order chi connectivity index (χ1) is 13.1. The van der Waals surface area contributed by atoms with Gasteiger partial charge >= 0.3 is 0 Å². The minimum atomic E-state index is -0.669.